The lowest BCUT2D eigenvalue weighted by Gasteiger charge is -2.02. The van der Waals surface area contributed by atoms with Crippen molar-refractivity contribution in [3.05, 3.63) is 32.1 Å². The van der Waals surface area contributed by atoms with Crippen molar-refractivity contribution in [3.63, 3.8) is 0 Å². The van der Waals surface area contributed by atoms with Crippen LogP contribution >= 0.6 is 11.6 Å². The van der Waals surface area contributed by atoms with Crippen LogP contribution in [0, 0.1) is 0 Å². The molecule has 0 saturated heterocycles. The summed E-state index contributed by atoms with van der Waals surface area (Å²) in [5.74, 6) is 0. The standard InChI is InChI=1S/C9H11ClN2O3/c1-2-3-4-5-6(7(10)13)11-9(15)12-8(5)14/h2-4H2,1H3,(H2,11,12,14,15). The average molecular weight is 231 g/mol. The predicted octanol–water partition coefficient (Wildman–Crippen LogP) is 0.785. The Bertz CT molecular complexity index is 475. The molecule has 5 nitrogen and oxygen atoms in total. The maximum Gasteiger partial charge on any atom is 0.326 e. The van der Waals surface area contributed by atoms with E-state index in [4.69, 9.17) is 11.6 Å². The molecule has 0 aliphatic carbocycles. The minimum atomic E-state index is -0.815. The summed E-state index contributed by atoms with van der Waals surface area (Å²) in [5, 5.41) is -0.815. The lowest BCUT2D eigenvalue weighted by atomic mass is 10.1. The highest BCUT2D eigenvalue weighted by Gasteiger charge is 2.13. The van der Waals surface area contributed by atoms with E-state index in [2.05, 4.69) is 9.97 Å². The Balaban J connectivity index is 3.27. The van der Waals surface area contributed by atoms with Gasteiger partial charge in [-0.3, -0.25) is 14.6 Å². The number of carbonyl (C=O) groups excluding carboxylic acids is 1. The van der Waals surface area contributed by atoms with Crippen LogP contribution in [-0.4, -0.2) is 15.2 Å². The zero-order valence-electron chi connectivity index (χ0n) is 8.22. The van der Waals surface area contributed by atoms with E-state index in [0.29, 0.717) is 6.42 Å². The molecule has 0 aromatic carbocycles. The molecule has 1 aromatic heterocycles. The number of halogens is 1. The second-order valence-electron chi connectivity index (χ2n) is 3.14. The molecule has 82 valence electrons. The van der Waals surface area contributed by atoms with Crippen molar-refractivity contribution >= 4 is 16.8 Å². The van der Waals surface area contributed by atoms with Crippen molar-refractivity contribution in [1.82, 2.24) is 9.97 Å². The van der Waals surface area contributed by atoms with Crippen molar-refractivity contribution in [2.75, 3.05) is 0 Å². The van der Waals surface area contributed by atoms with Crippen LogP contribution in [0.2, 0.25) is 0 Å². The second kappa shape index (κ2) is 4.93. The molecule has 0 saturated carbocycles. The molecule has 0 spiro atoms. The van der Waals surface area contributed by atoms with Gasteiger partial charge in [-0.05, 0) is 24.4 Å². The quantitative estimate of drug-likeness (QED) is 0.750. The molecule has 0 radical (unpaired) electrons. The Morgan fingerprint density at radius 2 is 2.00 bits per heavy atom. The van der Waals surface area contributed by atoms with E-state index in [1.165, 1.54) is 0 Å². The van der Waals surface area contributed by atoms with Crippen LogP contribution < -0.4 is 11.2 Å². The Kier molecular flexibility index (Phi) is 3.85. The number of unbranched alkanes of at least 4 members (excludes halogenated alkanes) is 1. The third-order valence-electron chi connectivity index (χ3n) is 2.02. The second-order valence-corrected chi connectivity index (χ2v) is 3.48. The van der Waals surface area contributed by atoms with Crippen molar-refractivity contribution in [2.45, 2.75) is 26.2 Å². The molecule has 0 fully saturated rings. The molecule has 2 N–H and O–H groups in total. The molecular weight excluding hydrogens is 220 g/mol. The third-order valence-corrected chi connectivity index (χ3v) is 2.21. The van der Waals surface area contributed by atoms with Gasteiger partial charge in [0.15, 0.2) is 0 Å². The molecule has 15 heavy (non-hydrogen) atoms. The molecule has 0 aliphatic rings. The smallest absolute Gasteiger partial charge is 0.303 e. The largest absolute Gasteiger partial charge is 0.326 e. The van der Waals surface area contributed by atoms with Crippen molar-refractivity contribution in [2.24, 2.45) is 0 Å². The number of hydrogen-bond acceptors (Lipinski definition) is 3. The summed E-state index contributed by atoms with van der Waals surface area (Å²) in [6.45, 7) is 1.96. The van der Waals surface area contributed by atoms with Gasteiger partial charge >= 0.3 is 5.69 Å². The van der Waals surface area contributed by atoms with Gasteiger partial charge in [0.2, 0.25) is 0 Å². The summed E-state index contributed by atoms with van der Waals surface area (Å²) in [4.78, 5) is 37.6. The number of nitrogens with one attached hydrogen (secondary N) is 2. The fourth-order valence-corrected chi connectivity index (χ4v) is 1.43. The molecule has 1 heterocycles. The molecule has 6 heteroatoms. The molecule has 0 unspecified atom stereocenters. The predicted molar refractivity (Wildman–Crippen MR) is 56.5 cm³/mol. The number of carbonyl (C=O) groups is 1. The SMILES string of the molecule is CCCCc1c(C(=O)Cl)[nH]c(=O)[nH]c1=O. The lowest BCUT2D eigenvalue weighted by molar-refractivity contribution is 0.107. The van der Waals surface area contributed by atoms with Gasteiger partial charge in [0.05, 0.1) is 0 Å². The minimum absolute atomic E-state index is 0.0983. The number of rotatable bonds is 4. The van der Waals surface area contributed by atoms with Gasteiger partial charge in [-0.25, -0.2) is 4.79 Å². The maximum absolute atomic E-state index is 11.4. The molecular formula is C9H11ClN2O3. The Hall–Kier alpha value is -1.36. The molecule has 1 aromatic rings. The maximum atomic E-state index is 11.4. The highest BCUT2D eigenvalue weighted by atomic mass is 35.5. The molecule has 0 atom stereocenters. The summed E-state index contributed by atoms with van der Waals surface area (Å²) in [6.07, 6.45) is 2.07. The van der Waals surface area contributed by atoms with E-state index < -0.39 is 16.5 Å². The van der Waals surface area contributed by atoms with Crippen LogP contribution in [0.3, 0.4) is 0 Å². The van der Waals surface area contributed by atoms with Crippen LogP contribution in [0.15, 0.2) is 9.59 Å². The first-order chi connectivity index (χ1) is 7.06. The van der Waals surface area contributed by atoms with E-state index in [1.807, 2.05) is 6.92 Å². The monoisotopic (exact) mass is 230 g/mol. The minimum Gasteiger partial charge on any atom is -0.303 e. The van der Waals surface area contributed by atoms with E-state index in [1.54, 1.807) is 0 Å². The molecule has 0 aliphatic heterocycles. The van der Waals surface area contributed by atoms with Gasteiger partial charge in [-0.2, -0.15) is 0 Å². The Morgan fingerprint density at radius 3 is 2.53 bits per heavy atom. The summed E-state index contributed by atoms with van der Waals surface area (Å²) < 4.78 is 0. The van der Waals surface area contributed by atoms with Crippen LogP contribution in [0.5, 0.6) is 0 Å². The lowest BCUT2D eigenvalue weighted by Crippen LogP contribution is -2.29. The topological polar surface area (TPSA) is 82.8 Å². The summed E-state index contributed by atoms with van der Waals surface area (Å²) in [5.41, 5.74) is -1.12. The van der Waals surface area contributed by atoms with Crippen LogP contribution in [0.4, 0.5) is 0 Å². The van der Waals surface area contributed by atoms with Gasteiger partial charge in [-0.15, -0.1) is 0 Å². The highest BCUT2D eigenvalue weighted by molar-refractivity contribution is 6.67. The fraction of sp³-hybridized carbons (Fsp3) is 0.444. The summed E-state index contributed by atoms with van der Waals surface area (Å²) in [7, 11) is 0. The number of aromatic nitrogens is 2. The first-order valence-electron chi connectivity index (χ1n) is 4.61. The van der Waals surface area contributed by atoms with E-state index >= 15 is 0 Å². The van der Waals surface area contributed by atoms with Crippen LogP contribution in [-0.2, 0) is 6.42 Å². The number of aromatic amines is 2. The molecule has 1 rings (SSSR count). The first kappa shape index (κ1) is 11.7. The highest BCUT2D eigenvalue weighted by Crippen LogP contribution is 2.06. The normalized spacial score (nSPS) is 10.3. The van der Waals surface area contributed by atoms with Crippen molar-refractivity contribution < 1.29 is 4.79 Å². The average Bonchev–Trinajstić information content (AvgIpc) is 2.15. The zero-order valence-corrected chi connectivity index (χ0v) is 8.98. The van der Waals surface area contributed by atoms with Crippen molar-refractivity contribution in [3.8, 4) is 0 Å². The third kappa shape index (κ3) is 2.79. The fourth-order valence-electron chi connectivity index (χ4n) is 1.27. The van der Waals surface area contributed by atoms with Crippen LogP contribution in [0.1, 0.15) is 35.8 Å². The summed E-state index contributed by atoms with van der Waals surface area (Å²) >= 11 is 5.27. The molecule has 0 bridgehead atoms. The zero-order chi connectivity index (χ0) is 11.4. The van der Waals surface area contributed by atoms with Crippen molar-refractivity contribution in [1.29, 1.82) is 0 Å². The van der Waals surface area contributed by atoms with Gasteiger partial charge in [0, 0.05) is 5.56 Å². The Morgan fingerprint density at radius 1 is 1.33 bits per heavy atom. The van der Waals surface area contributed by atoms with E-state index in [9.17, 15) is 14.4 Å². The Labute approximate surface area is 90.5 Å². The first-order valence-corrected chi connectivity index (χ1v) is 4.99. The van der Waals surface area contributed by atoms with Gasteiger partial charge in [0.25, 0.3) is 10.8 Å². The van der Waals surface area contributed by atoms with E-state index in [0.717, 1.165) is 12.8 Å². The molecule has 0 amide bonds. The van der Waals surface area contributed by atoms with E-state index in [-0.39, 0.29) is 11.3 Å². The van der Waals surface area contributed by atoms with Gasteiger partial charge < -0.3 is 4.98 Å². The number of hydrogen-bond donors (Lipinski definition) is 2. The van der Waals surface area contributed by atoms with Crippen LogP contribution in [0.25, 0.3) is 0 Å². The van der Waals surface area contributed by atoms with Gasteiger partial charge in [-0.1, -0.05) is 13.3 Å². The summed E-state index contributed by atoms with van der Waals surface area (Å²) in [6, 6.07) is 0. The van der Waals surface area contributed by atoms with Gasteiger partial charge in [0.1, 0.15) is 5.69 Å². The number of H-pyrrole nitrogens is 2.